The number of benzene rings is 2. The molecule has 10 heteroatoms. The van der Waals surface area contributed by atoms with Gasteiger partial charge in [-0.2, -0.15) is 8.42 Å². The van der Waals surface area contributed by atoms with Crippen molar-refractivity contribution in [2.75, 3.05) is 23.2 Å². The number of methoxy groups -OCH3 is 1. The molecule has 2 rings (SSSR count). The molecular weight excluding hydrogens is 552 g/mol. The molecule has 0 unspecified atom stereocenters. The number of carbonyl (C=O) groups is 1. The number of esters is 1. The molecule has 0 aliphatic rings. The van der Waals surface area contributed by atoms with E-state index in [1.54, 1.807) is 13.0 Å². The summed E-state index contributed by atoms with van der Waals surface area (Å²) in [6, 6.07) is 5.98. The van der Waals surface area contributed by atoms with Gasteiger partial charge in [-0.25, -0.2) is 4.79 Å². The summed E-state index contributed by atoms with van der Waals surface area (Å²) in [7, 11) is -2.76. The van der Waals surface area contributed by atoms with E-state index in [-0.39, 0.29) is 39.4 Å². The summed E-state index contributed by atoms with van der Waals surface area (Å²) < 4.78 is 41.7. The van der Waals surface area contributed by atoms with Gasteiger partial charge in [-0.05, 0) is 49.1 Å². The minimum atomic E-state index is -4.17. The van der Waals surface area contributed by atoms with Crippen LogP contribution in [0.1, 0.15) is 112 Å². The third kappa shape index (κ3) is 10.4. The number of rotatable bonds is 18. The Morgan fingerprint density at radius 1 is 0.950 bits per heavy atom. The minimum Gasteiger partial charge on any atom is -0.506 e. The van der Waals surface area contributed by atoms with Crippen molar-refractivity contribution < 1.29 is 27.8 Å². The number of hydrogen-bond acceptors (Lipinski definition) is 6. The largest absolute Gasteiger partial charge is 0.506 e. The summed E-state index contributed by atoms with van der Waals surface area (Å²) in [4.78, 5) is 12.6. The van der Waals surface area contributed by atoms with Gasteiger partial charge in [-0.3, -0.25) is 9.44 Å². The fourth-order valence-corrected chi connectivity index (χ4v) is 5.58. The molecule has 0 aliphatic carbocycles. The van der Waals surface area contributed by atoms with Crippen LogP contribution in [-0.2, 0) is 14.9 Å². The molecule has 0 atom stereocenters. The van der Waals surface area contributed by atoms with E-state index < -0.39 is 16.2 Å². The average molecular weight is 597 g/mol. The second-order valence-electron chi connectivity index (χ2n) is 10.4. The highest BCUT2D eigenvalue weighted by Crippen LogP contribution is 2.39. The van der Waals surface area contributed by atoms with Crippen molar-refractivity contribution in [3.05, 3.63) is 46.0 Å². The molecule has 40 heavy (non-hydrogen) atoms. The number of phenols is 1. The van der Waals surface area contributed by atoms with Crippen LogP contribution >= 0.6 is 11.6 Å². The zero-order valence-electron chi connectivity index (χ0n) is 24.4. The fourth-order valence-electron chi connectivity index (χ4n) is 4.37. The molecule has 2 aromatic carbocycles. The Balaban J connectivity index is 1.97. The molecule has 0 aliphatic heterocycles. The van der Waals surface area contributed by atoms with Gasteiger partial charge in [-0.1, -0.05) is 90.2 Å². The molecule has 0 amide bonds. The molecule has 2 aromatic rings. The van der Waals surface area contributed by atoms with Crippen LogP contribution in [0.5, 0.6) is 11.5 Å². The van der Waals surface area contributed by atoms with E-state index in [0.717, 1.165) is 19.3 Å². The molecule has 0 radical (unpaired) electrons. The Labute approximate surface area is 245 Å². The molecule has 0 bridgehead atoms. The van der Waals surface area contributed by atoms with E-state index in [2.05, 4.69) is 16.4 Å². The van der Waals surface area contributed by atoms with Crippen molar-refractivity contribution in [3.8, 4) is 11.5 Å². The van der Waals surface area contributed by atoms with Gasteiger partial charge in [0.05, 0.1) is 35.7 Å². The molecule has 8 nitrogen and oxygen atoms in total. The first-order chi connectivity index (χ1) is 19.0. The third-order valence-corrected chi connectivity index (χ3v) is 8.23. The third-order valence-electron chi connectivity index (χ3n) is 6.79. The van der Waals surface area contributed by atoms with Crippen LogP contribution in [0.4, 0.5) is 11.4 Å². The smallest absolute Gasteiger partial charge is 0.338 e. The Kier molecular flexibility index (Phi) is 13.9. The zero-order chi connectivity index (χ0) is 29.7. The maximum Gasteiger partial charge on any atom is 0.338 e. The van der Waals surface area contributed by atoms with Crippen LogP contribution < -0.4 is 14.2 Å². The summed E-state index contributed by atoms with van der Waals surface area (Å²) >= 11 is 6.25. The summed E-state index contributed by atoms with van der Waals surface area (Å²) in [5, 5.41) is 10.4. The second kappa shape index (κ2) is 16.6. The molecule has 0 saturated heterocycles. The van der Waals surface area contributed by atoms with Crippen LogP contribution in [0.25, 0.3) is 0 Å². The van der Waals surface area contributed by atoms with E-state index >= 15 is 0 Å². The van der Waals surface area contributed by atoms with Crippen molar-refractivity contribution in [1.82, 2.24) is 0 Å². The lowest BCUT2D eigenvalue weighted by atomic mass is 9.99. The summed E-state index contributed by atoms with van der Waals surface area (Å²) in [5.74, 6) is -0.456. The molecular formula is C30H45ClN2O6S. The average Bonchev–Trinajstić information content (AvgIpc) is 2.91. The number of halogens is 1. The van der Waals surface area contributed by atoms with E-state index in [4.69, 9.17) is 21.1 Å². The van der Waals surface area contributed by atoms with Gasteiger partial charge in [0.15, 0.2) is 0 Å². The van der Waals surface area contributed by atoms with Crippen LogP contribution in [0.2, 0.25) is 5.02 Å². The summed E-state index contributed by atoms with van der Waals surface area (Å²) in [6.07, 6.45) is 11.9. The van der Waals surface area contributed by atoms with Crippen molar-refractivity contribution in [2.24, 2.45) is 0 Å². The summed E-state index contributed by atoms with van der Waals surface area (Å²) in [5.41, 5.74) is 1.40. The first-order valence-corrected chi connectivity index (χ1v) is 16.0. The van der Waals surface area contributed by atoms with E-state index in [9.17, 15) is 18.3 Å². The normalized spacial score (nSPS) is 11.5. The maximum absolute atomic E-state index is 13.0. The number of phenolic OH excluding ortho intramolecular Hbond substituents is 1. The quantitative estimate of drug-likeness (QED) is 0.0905. The van der Waals surface area contributed by atoms with Gasteiger partial charge in [0.1, 0.15) is 11.5 Å². The zero-order valence-corrected chi connectivity index (χ0v) is 26.0. The molecule has 0 fully saturated rings. The Morgan fingerprint density at radius 2 is 1.52 bits per heavy atom. The molecule has 0 saturated carbocycles. The predicted octanol–water partition coefficient (Wildman–Crippen LogP) is 8.33. The number of aromatic hydroxyl groups is 1. The lowest BCUT2D eigenvalue weighted by Crippen LogP contribution is -2.23. The van der Waals surface area contributed by atoms with Crippen molar-refractivity contribution >= 4 is 39.2 Å². The van der Waals surface area contributed by atoms with Crippen LogP contribution in [0.15, 0.2) is 24.3 Å². The van der Waals surface area contributed by atoms with E-state index in [1.165, 1.54) is 70.3 Å². The van der Waals surface area contributed by atoms with Crippen molar-refractivity contribution in [3.63, 3.8) is 0 Å². The SMILES string of the molecule is CCCCCCCCCCCCOC(=O)c1ccc(OC)c(NS(=O)(=O)Nc2cc(C(C)C)c(O)c(Cl)c2C)c1. The number of nitrogens with one attached hydrogen (secondary N) is 2. The van der Waals surface area contributed by atoms with E-state index in [0.29, 0.717) is 17.7 Å². The Morgan fingerprint density at radius 3 is 2.10 bits per heavy atom. The molecule has 0 heterocycles. The topological polar surface area (TPSA) is 114 Å². The lowest BCUT2D eigenvalue weighted by Gasteiger charge is -2.18. The standard InChI is InChI=1S/C30H45ClN2O6S/c1-6-7-8-9-10-11-12-13-14-15-18-39-30(35)23-16-17-27(38-5)26(19-23)33-40(36,37)32-25-20-24(21(2)3)29(34)28(31)22(25)4/h16-17,19-21,32-34H,6-15,18H2,1-5H3. The van der Waals surface area contributed by atoms with Crippen LogP contribution in [0.3, 0.4) is 0 Å². The highest BCUT2D eigenvalue weighted by atomic mass is 35.5. The first-order valence-electron chi connectivity index (χ1n) is 14.2. The van der Waals surface area contributed by atoms with Crippen molar-refractivity contribution in [1.29, 1.82) is 0 Å². The molecule has 3 N–H and O–H groups in total. The maximum atomic E-state index is 13.0. The Hall–Kier alpha value is -2.65. The van der Waals surface area contributed by atoms with Gasteiger partial charge in [-0.15, -0.1) is 0 Å². The number of anilines is 2. The summed E-state index contributed by atoms with van der Waals surface area (Å²) in [6.45, 7) is 7.87. The number of ether oxygens (including phenoxy) is 2. The molecule has 0 spiro atoms. The van der Waals surface area contributed by atoms with E-state index in [1.807, 2.05) is 13.8 Å². The predicted molar refractivity (Wildman–Crippen MR) is 163 cm³/mol. The highest BCUT2D eigenvalue weighted by molar-refractivity contribution is 7.94. The molecule has 224 valence electrons. The van der Waals surface area contributed by atoms with Gasteiger partial charge in [0.2, 0.25) is 0 Å². The number of carbonyl (C=O) groups excluding carboxylic acids is 1. The molecule has 0 aromatic heterocycles. The number of hydrogen-bond donors (Lipinski definition) is 3. The lowest BCUT2D eigenvalue weighted by molar-refractivity contribution is 0.0497. The van der Waals surface area contributed by atoms with Crippen LogP contribution in [-0.4, -0.2) is 33.2 Å². The minimum absolute atomic E-state index is 0.0734. The fraction of sp³-hybridized carbons (Fsp3) is 0.567. The highest BCUT2D eigenvalue weighted by Gasteiger charge is 2.21. The van der Waals surface area contributed by atoms with Gasteiger partial charge in [0, 0.05) is 5.56 Å². The van der Waals surface area contributed by atoms with Crippen LogP contribution in [0, 0.1) is 6.92 Å². The second-order valence-corrected chi connectivity index (χ2v) is 12.2. The van der Waals surface area contributed by atoms with Gasteiger partial charge in [0.25, 0.3) is 0 Å². The number of unbranched alkanes of at least 4 members (excludes halogenated alkanes) is 9. The van der Waals surface area contributed by atoms with Gasteiger partial charge >= 0.3 is 16.2 Å². The first kappa shape index (κ1) is 33.6. The van der Waals surface area contributed by atoms with Crippen molar-refractivity contribution in [2.45, 2.75) is 97.8 Å². The monoisotopic (exact) mass is 596 g/mol. The Bertz CT molecular complexity index is 1220. The van der Waals surface area contributed by atoms with Gasteiger partial charge < -0.3 is 14.6 Å².